The Labute approximate surface area is 151 Å². The Morgan fingerprint density at radius 2 is 1.96 bits per heavy atom. The van der Waals surface area contributed by atoms with Gasteiger partial charge in [0.05, 0.1) is 12.7 Å². The summed E-state index contributed by atoms with van der Waals surface area (Å²) in [6.45, 7) is 0.186. The lowest BCUT2D eigenvalue weighted by Gasteiger charge is -2.18. The Kier molecular flexibility index (Phi) is 6.25. The van der Waals surface area contributed by atoms with Crippen LogP contribution in [0.1, 0.15) is 15.9 Å². The van der Waals surface area contributed by atoms with Crippen LogP contribution in [-0.4, -0.2) is 37.5 Å². The Balaban J connectivity index is 1.99. The molecular weight excluding hydrogens is 344 g/mol. The zero-order valence-electron chi connectivity index (χ0n) is 14.0. The minimum absolute atomic E-state index is 0.135. The van der Waals surface area contributed by atoms with Crippen molar-refractivity contribution in [1.29, 1.82) is 0 Å². The second kappa shape index (κ2) is 8.39. The van der Waals surface area contributed by atoms with Crippen molar-refractivity contribution in [2.24, 2.45) is 5.73 Å². The van der Waals surface area contributed by atoms with Crippen molar-refractivity contribution in [2.45, 2.75) is 6.54 Å². The van der Waals surface area contributed by atoms with Crippen molar-refractivity contribution >= 4 is 23.4 Å². The predicted molar refractivity (Wildman–Crippen MR) is 94.9 cm³/mol. The molecule has 0 aromatic heterocycles. The standard InChI is InChI=1S/C18H19ClN2O4/c1-21(10-12-4-3-5-14(8-12)24-2)17(22)11-25-16-7-6-13(19)9-15(16)18(20)23/h3-9H,10-11H2,1-2H3,(H2,20,23). The van der Waals surface area contributed by atoms with Crippen molar-refractivity contribution in [2.75, 3.05) is 20.8 Å². The quantitative estimate of drug-likeness (QED) is 0.820. The van der Waals surface area contributed by atoms with Gasteiger partial charge in [-0.25, -0.2) is 0 Å². The van der Waals surface area contributed by atoms with Crippen molar-refractivity contribution in [3.63, 3.8) is 0 Å². The first-order chi connectivity index (χ1) is 11.9. The normalized spacial score (nSPS) is 10.2. The van der Waals surface area contributed by atoms with Gasteiger partial charge in [0.15, 0.2) is 6.61 Å². The second-order valence-electron chi connectivity index (χ2n) is 5.39. The molecule has 0 heterocycles. The van der Waals surface area contributed by atoms with E-state index >= 15 is 0 Å². The van der Waals surface area contributed by atoms with Crippen molar-refractivity contribution < 1.29 is 19.1 Å². The number of carbonyl (C=O) groups excluding carboxylic acids is 2. The first-order valence-corrected chi connectivity index (χ1v) is 7.87. The van der Waals surface area contributed by atoms with Crippen LogP contribution < -0.4 is 15.2 Å². The molecule has 0 spiro atoms. The van der Waals surface area contributed by atoms with Gasteiger partial charge in [-0.05, 0) is 35.9 Å². The summed E-state index contributed by atoms with van der Waals surface area (Å²) in [6.07, 6.45) is 0. The summed E-state index contributed by atoms with van der Waals surface area (Å²) in [7, 11) is 3.26. The molecule has 0 radical (unpaired) electrons. The number of methoxy groups -OCH3 is 1. The van der Waals surface area contributed by atoms with E-state index in [-0.39, 0.29) is 23.8 Å². The van der Waals surface area contributed by atoms with Crippen LogP contribution >= 0.6 is 11.6 Å². The van der Waals surface area contributed by atoms with E-state index in [9.17, 15) is 9.59 Å². The lowest BCUT2D eigenvalue weighted by molar-refractivity contribution is -0.132. The maximum absolute atomic E-state index is 12.3. The molecule has 2 amide bonds. The summed E-state index contributed by atoms with van der Waals surface area (Å²) in [6, 6.07) is 11.9. The predicted octanol–water partition coefficient (Wildman–Crippen LogP) is 2.48. The zero-order chi connectivity index (χ0) is 18.4. The van der Waals surface area contributed by atoms with E-state index in [1.54, 1.807) is 20.2 Å². The zero-order valence-corrected chi connectivity index (χ0v) is 14.7. The monoisotopic (exact) mass is 362 g/mol. The molecular formula is C18H19ClN2O4. The van der Waals surface area contributed by atoms with E-state index in [0.29, 0.717) is 11.6 Å². The maximum Gasteiger partial charge on any atom is 0.260 e. The fourth-order valence-corrected chi connectivity index (χ4v) is 2.38. The average molecular weight is 363 g/mol. The smallest absolute Gasteiger partial charge is 0.260 e. The number of nitrogens with zero attached hydrogens (tertiary/aromatic N) is 1. The molecule has 0 fully saturated rings. The molecule has 25 heavy (non-hydrogen) atoms. The highest BCUT2D eigenvalue weighted by atomic mass is 35.5. The molecule has 0 saturated carbocycles. The van der Waals surface area contributed by atoms with Gasteiger partial charge >= 0.3 is 0 Å². The number of hydrogen-bond acceptors (Lipinski definition) is 4. The molecule has 7 heteroatoms. The number of carbonyl (C=O) groups is 2. The molecule has 0 saturated heterocycles. The van der Waals surface area contributed by atoms with E-state index in [4.69, 9.17) is 26.8 Å². The fraction of sp³-hybridized carbons (Fsp3) is 0.222. The molecule has 2 rings (SSSR count). The third-order valence-corrected chi connectivity index (χ3v) is 3.77. The molecule has 0 atom stereocenters. The number of primary amides is 1. The first kappa shape index (κ1) is 18.6. The first-order valence-electron chi connectivity index (χ1n) is 7.49. The van der Waals surface area contributed by atoms with Gasteiger partial charge < -0.3 is 20.1 Å². The lowest BCUT2D eigenvalue weighted by Crippen LogP contribution is -2.31. The number of ether oxygens (including phenoxy) is 2. The highest BCUT2D eigenvalue weighted by Crippen LogP contribution is 2.22. The van der Waals surface area contributed by atoms with Crippen LogP contribution in [0.15, 0.2) is 42.5 Å². The Bertz CT molecular complexity index is 779. The van der Waals surface area contributed by atoms with Gasteiger partial charge in [0.1, 0.15) is 11.5 Å². The number of halogens is 1. The highest BCUT2D eigenvalue weighted by Gasteiger charge is 2.14. The minimum Gasteiger partial charge on any atom is -0.497 e. The number of hydrogen-bond donors (Lipinski definition) is 1. The van der Waals surface area contributed by atoms with Gasteiger partial charge in [-0.3, -0.25) is 9.59 Å². The number of nitrogens with two attached hydrogens (primary N) is 1. The van der Waals surface area contributed by atoms with Gasteiger partial charge in [-0.2, -0.15) is 0 Å². The summed E-state index contributed by atoms with van der Waals surface area (Å²) in [4.78, 5) is 25.2. The number of likely N-dealkylation sites (N-methyl/N-ethyl adjacent to an activating group) is 1. The van der Waals surface area contributed by atoms with Crippen LogP contribution in [0.5, 0.6) is 11.5 Å². The van der Waals surface area contributed by atoms with Gasteiger partial charge in [0.25, 0.3) is 11.8 Å². The average Bonchev–Trinajstić information content (AvgIpc) is 2.60. The van der Waals surface area contributed by atoms with Crippen molar-refractivity contribution in [3.8, 4) is 11.5 Å². The van der Waals surface area contributed by atoms with Crippen molar-refractivity contribution in [1.82, 2.24) is 4.90 Å². The number of amides is 2. The van der Waals surface area contributed by atoms with Gasteiger partial charge in [0.2, 0.25) is 0 Å². The molecule has 0 unspecified atom stereocenters. The molecule has 2 aromatic rings. The van der Waals surface area contributed by atoms with E-state index in [1.165, 1.54) is 17.0 Å². The molecule has 0 bridgehead atoms. The maximum atomic E-state index is 12.3. The minimum atomic E-state index is -0.672. The van der Waals surface area contributed by atoms with Crippen LogP contribution in [0, 0.1) is 0 Å². The largest absolute Gasteiger partial charge is 0.497 e. The van der Waals surface area contributed by atoms with E-state index in [2.05, 4.69) is 0 Å². The van der Waals surface area contributed by atoms with E-state index in [1.807, 2.05) is 24.3 Å². The number of rotatable bonds is 7. The topological polar surface area (TPSA) is 81.9 Å². The molecule has 2 N–H and O–H groups in total. The van der Waals surface area contributed by atoms with E-state index < -0.39 is 5.91 Å². The third kappa shape index (κ3) is 5.12. The fourth-order valence-electron chi connectivity index (χ4n) is 2.20. The van der Waals surface area contributed by atoms with Crippen molar-refractivity contribution in [3.05, 3.63) is 58.6 Å². The number of benzene rings is 2. The summed E-state index contributed by atoms with van der Waals surface area (Å²) < 4.78 is 10.6. The van der Waals surface area contributed by atoms with Crippen LogP contribution in [0.4, 0.5) is 0 Å². The molecule has 0 aliphatic carbocycles. The summed E-state index contributed by atoms with van der Waals surface area (Å²) >= 11 is 5.84. The van der Waals surface area contributed by atoms with Gasteiger partial charge in [-0.15, -0.1) is 0 Å². The van der Waals surface area contributed by atoms with Gasteiger partial charge in [-0.1, -0.05) is 23.7 Å². The molecule has 6 nitrogen and oxygen atoms in total. The Morgan fingerprint density at radius 3 is 2.64 bits per heavy atom. The summed E-state index contributed by atoms with van der Waals surface area (Å²) in [5.74, 6) is 0.0322. The molecule has 2 aromatic carbocycles. The van der Waals surface area contributed by atoms with Crippen LogP contribution in [-0.2, 0) is 11.3 Å². The van der Waals surface area contributed by atoms with E-state index in [0.717, 1.165) is 11.3 Å². The Morgan fingerprint density at radius 1 is 1.20 bits per heavy atom. The van der Waals surface area contributed by atoms with Gasteiger partial charge in [0, 0.05) is 18.6 Å². The molecule has 0 aliphatic rings. The van der Waals surface area contributed by atoms with Crippen LogP contribution in [0.3, 0.4) is 0 Å². The summed E-state index contributed by atoms with van der Waals surface area (Å²) in [5.41, 5.74) is 6.36. The molecule has 0 aliphatic heterocycles. The lowest BCUT2D eigenvalue weighted by atomic mass is 10.2. The van der Waals surface area contributed by atoms with Crippen LogP contribution in [0.25, 0.3) is 0 Å². The SMILES string of the molecule is COc1cccc(CN(C)C(=O)COc2ccc(Cl)cc2C(N)=O)c1. The second-order valence-corrected chi connectivity index (χ2v) is 5.83. The Hall–Kier alpha value is -2.73. The third-order valence-electron chi connectivity index (χ3n) is 3.54. The molecule has 132 valence electrons. The van der Waals surface area contributed by atoms with Crippen LogP contribution in [0.2, 0.25) is 5.02 Å². The summed E-state index contributed by atoms with van der Waals surface area (Å²) in [5, 5.41) is 0.364. The highest BCUT2D eigenvalue weighted by molar-refractivity contribution is 6.31.